The van der Waals surface area contributed by atoms with E-state index in [-0.39, 0.29) is 18.2 Å². The molecule has 0 unspecified atom stereocenters. The molecule has 0 saturated carbocycles. The molecule has 6 heteroatoms. The van der Waals surface area contributed by atoms with Crippen molar-refractivity contribution in [1.29, 1.82) is 0 Å². The summed E-state index contributed by atoms with van der Waals surface area (Å²) >= 11 is 0. The number of amides is 2. The Hall–Kier alpha value is -2.37. The Balaban J connectivity index is 2.88. The second-order valence-corrected chi connectivity index (χ2v) is 6.44. The lowest BCUT2D eigenvalue weighted by atomic mass is 9.99. The summed E-state index contributed by atoms with van der Waals surface area (Å²) in [5, 5.41) is 14.5. The van der Waals surface area contributed by atoms with Gasteiger partial charge < -0.3 is 15.7 Å². The van der Waals surface area contributed by atoms with Crippen molar-refractivity contribution >= 4 is 17.8 Å². The van der Waals surface area contributed by atoms with Crippen LogP contribution in [-0.2, 0) is 20.8 Å². The Morgan fingerprint density at radius 2 is 1.71 bits per heavy atom. The van der Waals surface area contributed by atoms with E-state index in [1.54, 1.807) is 13.8 Å². The normalized spacial score (nSPS) is 13.2. The number of carboxylic acids is 1. The van der Waals surface area contributed by atoms with E-state index in [4.69, 9.17) is 0 Å². The first-order valence-electron chi connectivity index (χ1n) is 7.98. The van der Waals surface area contributed by atoms with Crippen LogP contribution >= 0.6 is 0 Å². The first-order chi connectivity index (χ1) is 11.1. The fraction of sp³-hybridized carbons (Fsp3) is 0.500. The molecule has 3 N–H and O–H groups in total. The van der Waals surface area contributed by atoms with Crippen LogP contribution < -0.4 is 10.6 Å². The number of aliphatic carboxylic acids is 1. The maximum atomic E-state index is 12.4. The van der Waals surface area contributed by atoms with Crippen LogP contribution in [0.25, 0.3) is 0 Å². The molecule has 0 aliphatic carbocycles. The molecule has 0 aliphatic heterocycles. The van der Waals surface area contributed by atoms with Gasteiger partial charge in [0, 0.05) is 13.3 Å². The highest BCUT2D eigenvalue weighted by atomic mass is 16.4. The van der Waals surface area contributed by atoms with Crippen LogP contribution in [0, 0.1) is 19.8 Å². The molecule has 0 saturated heterocycles. The van der Waals surface area contributed by atoms with Crippen molar-refractivity contribution in [2.24, 2.45) is 5.92 Å². The molecule has 0 fully saturated rings. The fourth-order valence-electron chi connectivity index (χ4n) is 2.38. The predicted molar refractivity (Wildman–Crippen MR) is 91.6 cm³/mol. The molecule has 0 radical (unpaired) electrons. The lowest BCUT2D eigenvalue weighted by Gasteiger charge is -2.23. The summed E-state index contributed by atoms with van der Waals surface area (Å²) in [6.45, 7) is 8.85. The molecular formula is C18H26N2O4. The van der Waals surface area contributed by atoms with Crippen LogP contribution in [0.4, 0.5) is 0 Å². The van der Waals surface area contributed by atoms with Gasteiger partial charge in [0.05, 0.1) is 0 Å². The second-order valence-electron chi connectivity index (χ2n) is 6.44. The summed E-state index contributed by atoms with van der Waals surface area (Å²) in [5.74, 6) is -2.07. The van der Waals surface area contributed by atoms with Gasteiger partial charge in [0.2, 0.25) is 11.8 Å². The Morgan fingerprint density at radius 3 is 2.17 bits per heavy atom. The summed E-state index contributed by atoms with van der Waals surface area (Å²) in [5.41, 5.74) is 3.04. The number of hydrogen-bond donors (Lipinski definition) is 3. The summed E-state index contributed by atoms with van der Waals surface area (Å²) in [7, 11) is 0. The molecule has 6 nitrogen and oxygen atoms in total. The van der Waals surface area contributed by atoms with Crippen LogP contribution in [-0.4, -0.2) is 35.0 Å². The lowest BCUT2D eigenvalue weighted by molar-refractivity contribution is -0.142. The number of benzene rings is 1. The molecule has 0 bridgehead atoms. The van der Waals surface area contributed by atoms with E-state index < -0.39 is 24.0 Å². The van der Waals surface area contributed by atoms with Crippen molar-refractivity contribution in [2.45, 2.75) is 53.1 Å². The van der Waals surface area contributed by atoms with Crippen molar-refractivity contribution in [3.8, 4) is 0 Å². The highest BCUT2D eigenvalue weighted by Gasteiger charge is 2.28. The van der Waals surface area contributed by atoms with E-state index in [1.165, 1.54) is 6.92 Å². The number of carbonyl (C=O) groups excluding carboxylic acids is 2. The van der Waals surface area contributed by atoms with Gasteiger partial charge in [-0.25, -0.2) is 4.79 Å². The molecule has 0 spiro atoms. The maximum Gasteiger partial charge on any atom is 0.326 e. The molecule has 132 valence electrons. The standard InChI is InChI=1S/C18H26N2O4/c1-10(2)16(19-13(5)21)17(22)20-15(18(23)24)9-14-7-6-11(3)12(4)8-14/h6-8,10,15-16H,9H2,1-5H3,(H,19,21)(H,20,22)(H,23,24)/t15-,16-/m1/s1. The second kappa shape index (κ2) is 8.47. The third-order valence-corrected chi connectivity index (χ3v) is 3.93. The average molecular weight is 334 g/mol. The molecule has 0 heterocycles. The summed E-state index contributed by atoms with van der Waals surface area (Å²) in [6, 6.07) is 3.90. The van der Waals surface area contributed by atoms with Gasteiger partial charge in [-0.3, -0.25) is 9.59 Å². The van der Waals surface area contributed by atoms with Crippen molar-refractivity contribution < 1.29 is 19.5 Å². The number of rotatable bonds is 7. The first kappa shape index (κ1) is 19.7. The molecule has 1 rings (SSSR count). The van der Waals surface area contributed by atoms with E-state index in [0.717, 1.165) is 16.7 Å². The summed E-state index contributed by atoms with van der Waals surface area (Å²) in [6.07, 6.45) is 0.188. The molecule has 24 heavy (non-hydrogen) atoms. The van der Waals surface area contributed by atoms with E-state index in [9.17, 15) is 19.5 Å². The van der Waals surface area contributed by atoms with Crippen molar-refractivity contribution in [3.05, 3.63) is 34.9 Å². The highest BCUT2D eigenvalue weighted by Crippen LogP contribution is 2.12. The zero-order valence-corrected chi connectivity index (χ0v) is 14.8. The van der Waals surface area contributed by atoms with E-state index in [2.05, 4.69) is 10.6 Å². The lowest BCUT2D eigenvalue weighted by Crippen LogP contribution is -2.53. The number of nitrogens with one attached hydrogen (secondary N) is 2. The monoisotopic (exact) mass is 334 g/mol. The van der Waals surface area contributed by atoms with Gasteiger partial charge in [-0.1, -0.05) is 32.0 Å². The largest absolute Gasteiger partial charge is 0.480 e. The average Bonchev–Trinajstić information content (AvgIpc) is 2.47. The Labute approximate surface area is 142 Å². The van der Waals surface area contributed by atoms with E-state index in [1.807, 2.05) is 32.0 Å². The number of hydrogen-bond acceptors (Lipinski definition) is 3. The summed E-state index contributed by atoms with van der Waals surface area (Å²) in [4.78, 5) is 35.1. The molecule has 2 atom stereocenters. The van der Waals surface area contributed by atoms with Gasteiger partial charge in [0.15, 0.2) is 0 Å². The molecular weight excluding hydrogens is 308 g/mol. The zero-order chi connectivity index (χ0) is 18.4. The minimum atomic E-state index is -1.10. The number of carbonyl (C=O) groups is 3. The van der Waals surface area contributed by atoms with Crippen LogP contribution in [0.5, 0.6) is 0 Å². The van der Waals surface area contributed by atoms with Gasteiger partial charge in [-0.2, -0.15) is 0 Å². The van der Waals surface area contributed by atoms with Crippen molar-refractivity contribution in [1.82, 2.24) is 10.6 Å². The number of aryl methyl sites for hydroxylation is 2. The minimum Gasteiger partial charge on any atom is -0.480 e. The van der Waals surface area contributed by atoms with Crippen LogP contribution in [0.1, 0.15) is 37.5 Å². The minimum absolute atomic E-state index is 0.148. The van der Waals surface area contributed by atoms with Crippen molar-refractivity contribution in [2.75, 3.05) is 0 Å². The molecule has 0 aromatic heterocycles. The Kier molecular flexibility index (Phi) is 6.95. The molecule has 1 aromatic rings. The van der Waals surface area contributed by atoms with Gasteiger partial charge >= 0.3 is 5.97 Å². The quantitative estimate of drug-likeness (QED) is 0.705. The molecule has 2 amide bonds. The topological polar surface area (TPSA) is 95.5 Å². The first-order valence-corrected chi connectivity index (χ1v) is 7.98. The Bertz CT molecular complexity index is 625. The Morgan fingerprint density at radius 1 is 1.08 bits per heavy atom. The SMILES string of the molecule is CC(=O)N[C@@H](C(=O)N[C@H](Cc1ccc(C)c(C)c1)C(=O)O)C(C)C. The van der Waals surface area contributed by atoms with Crippen LogP contribution in [0.15, 0.2) is 18.2 Å². The van der Waals surface area contributed by atoms with Crippen LogP contribution in [0.2, 0.25) is 0 Å². The zero-order valence-electron chi connectivity index (χ0n) is 14.8. The van der Waals surface area contributed by atoms with E-state index >= 15 is 0 Å². The van der Waals surface area contributed by atoms with Gasteiger partial charge in [0.1, 0.15) is 12.1 Å². The highest BCUT2D eigenvalue weighted by molar-refractivity contribution is 5.90. The smallest absolute Gasteiger partial charge is 0.326 e. The third-order valence-electron chi connectivity index (χ3n) is 3.93. The molecule has 1 aromatic carbocycles. The predicted octanol–water partition coefficient (Wildman–Crippen LogP) is 1.58. The van der Waals surface area contributed by atoms with Gasteiger partial charge in [0.25, 0.3) is 0 Å². The van der Waals surface area contributed by atoms with E-state index in [0.29, 0.717) is 0 Å². The van der Waals surface area contributed by atoms with Crippen LogP contribution in [0.3, 0.4) is 0 Å². The fourth-order valence-corrected chi connectivity index (χ4v) is 2.38. The third kappa shape index (κ3) is 5.68. The van der Waals surface area contributed by atoms with Gasteiger partial charge in [-0.05, 0) is 36.5 Å². The maximum absolute atomic E-state index is 12.4. The summed E-state index contributed by atoms with van der Waals surface area (Å²) < 4.78 is 0. The van der Waals surface area contributed by atoms with Crippen molar-refractivity contribution in [3.63, 3.8) is 0 Å². The van der Waals surface area contributed by atoms with Gasteiger partial charge in [-0.15, -0.1) is 0 Å². The molecule has 0 aliphatic rings. The number of carboxylic acid groups (broad SMARTS) is 1.